The highest BCUT2D eigenvalue weighted by atomic mass is 32.2. The first-order valence-electron chi connectivity index (χ1n) is 11.4. The zero-order valence-electron chi connectivity index (χ0n) is 19.4. The van der Waals surface area contributed by atoms with Crippen LogP contribution in [0.2, 0.25) is 0 Å². The van der Waals surface area contributed by atoms with E-state index in [2.05, 4.69) is 28.1 Å². The maximum Gasteiger partial charge on any atom is 0.213 e. The Bertz CT molecular complexity index is 1320. The lowest BCUT2D eigenvalue weighted by molar-refractivity contribution is 0.254. The second-order valence-corrected chi connectivity index (χ2v) is 11.7. The molecule has 0 bridgehead atoms. The largest absolute Gasteiger partial charge is 0.476 e. The van der Waals surface area contributed by atoms with E-state index in [9.17, 15) is 4.21 Å². The monoisotopic (exact) mass is 492 g/mol. The summed E-state index contributed by atoms with van der Waals surface area (Å²) in [4.78, 5) is 12.3. The molecule has 8 heteroatoms. The summed E-state index contributed by atoms with van der Waals surface area (Å²) < 4.78 is 19.7. The van der Waals surface area contributed by atoms with Crippen molar-refractivity contribution in [3.05, 3.63) is 54.7 Å². The summed E-state index contributed by atoms with van der Waals surface area (Å²) in [7, 11) is 2.93. The average molecular weight is 493 g/mol. The predicted octanol–water partition coefficient (Wildman–Crippen LogP) is 5.21. The number of thiophene rings is 1. The lowest BCUT2D eigenvalue weighted by Gasteiger charge is -2.23. The number of ether oxygens (including phenoxy) is 1. The standard InChI is InChI=1S/C26H28N4O2S2/c1-30(2)13-14-32-22-12-11-18(16-28-22)21-15-20(17-7-4-3-5-8-17)23-24(27)26(33-25(23)29-21)34(31)19-9-6-10-19/h3-5,7-8,11-12,15-16,19H,6,9-10,13-14,27H2,1-2H3. The normalized spacial score (nSPS) is 14.9. The van der Waals surface area contributed by atoms with Crippen LogP contribution in [0.15, 0.2) is 58.9 Å². The van der Waals surface area contributed by atoms with Crippen LogP contribution in [0.25, 0.3) is 32.6 Å². The Morgan fingerprint density at radius 3 is 2.59 bits per heavy atom. The third-order valence-corrected chi connectivity index (χ3v) is 9.41. The molecule has 1 unspecified atom stereocenters. The van der Waals surface area contributed by atoms with E-state index >= 15 is 0 Å². The molecule has 1 aromatic carbocycles. The lowest BCUT2D eigenvalue weighted by Crippen LogP contribution is -2.23. The topological polar surface area (TPSA) is 81.3 Å². The molecule has 4 aromatic rings. The number of nitrogens with two attached hydrogens (primary N) is 1. The van der Waals surface area contributed by atoms with Crippen LogP contribution in [-0.4, -0.2) is 51.6 Å². The second kappa shape index (κ2) is 9.82. The van der Waals surface area contributed by atoms with Crippen LogP contribution >= 0.6 is 11.3 Å². The number of nitrogen functional groups attached to an aromatic ring is 1. The fourth-order valence-electron chi connectivity index (χ4n) is 3.93. The maximum atomic E-state index is 13.2. The summed E-state index contributed by atoms with van der Waals surface area (Å²) >= 11 is 1.46. The molecule has 176 valence electrons. The first kappa shape index (κ1) is 23.0. The molecule has 1 saturated carbocycles. The molecular weight excluding hydrogens is 464 g/mol. The summed E-state index contributed by atoms with van der Waals surface area (Å²) in [5, 5.41) is 1.10. The van der Waals surface area contributed by atoms with Gasteiger partial charge < -0.3 is 15.4 Å². The van der Waals surface area contributed by atoms with E-state index in [1.165, 1.54) is 11.3 Å². The number of aromatic nitrogens is 2. The number of likely N-dealkylation sites (N-methyl/N-ethyl adjacent to an activating group) is 1. The van der Waals surface area contributed by atoms with Gasteiger partial charge in [-0.15, -0.1) is 11.3 Å². The molecule has 1 fully saturated rings. The highest BCUT2D eigenvalue weighted by Gasteiger charge is 2.29. The van der Waals surface area contributed by atoms with Crippen molar-refractivity contribution in [3.8, 4) is 28.3 Å². The van der Waals surface area contributed by atoms with Crippen molar-refractivity contribution in [3.63, 3.8) is 0 Å². The van der Waals surface area contributed by atoms with Gasteiger partial charge in [0.1, 0.15) is 15.6 Å². The zero-order valence-corrected chi connectivity index (χ0v) is 21.0. The Hall–Kier alpha value is -2.81. The molecular formula is C26H28N4O2S2. The Morgan fingerprint density at radius 2 is 1.94 bits per heavy atom. The third kappa shape index (κ3) is 4.58. The van der Waals surface area contributed by atoms with Gasteiger partial charge in [-0.25, -0.2) is 9.97 Å². The van der Waals surface area contributed by atoms with E-state index < -0.39 is 10.8 Å². The average Bonchev–Trinajstić information content (AvgIpc) is 3.14. The molecule has 34 heavy (non-hydrogen) atoms. The molecule has 5 rings (SSSR count). The first-order valence-corrected chi connectivity index (χ1v) is 13.5. The van der Waals surface area contributed by atoms with Gasteiger partial charge in [0.05, 0.1) is 22.2 Å². The van der Waals surface area contributed by atoms with E-state index in [0.717, 1.165) is 62.6 Å². The van der Waals surface area contributed by atoms with E-state index in [1.54, 1.807) is 6.20 Å². The number of rotatable bonds is 8. The summed E-state index contributed by atoms with van der Waals surface area (Å²) in [5.41, 5.74) is 11.0. The Balaban J connectivity index is 1.56. The Labute approximate surface area is 206 Å². The molecule has 3 heterocycles. The first-order chi connectivity index (χ1) is 16.5. The number of benzene rings is 1. The van der Waals surface area contributed by atoms with Crippen molar-refractivity contribution < 1.29 is 8.95 Å². The molecule has 1 aliphatic rings. The van der Waals surface area contributed by atoms with E-state index in [0.29, 0.717) is 18.2 Å². The number of pyridine rings is 2. The molecule has 0 aliphatic heterocycles. The van der Waals surface area contributed by atoms with Gasteiger partial charge in [0.2, 0.25) is 5.88 Å². The molecule has 2 N–H and O–H groups in total. The molecule has 6 nitrogen and oxygen atoms in total. The van der Waals surface area contributed by atoms with Crippen molar-refractivity contribution in [2.75, 3.05) is 33.0 Å². The minimum atomic E-state index is -1.09. The quantitative estimate of drug-likeness (QED) is 0.364. The number of fused-ring (bicyclic) bond motifs is 1. The van der Waals surface area contributed by atoms with Gasteiger partial charge in [-0.1, -0.05) is 36.8 Å². The minimum absolute atomic E-state index is 0.208. The SMILES string of the molecule is CN(C)CCOc1ccc(-c2cc(-c3ccccc3)c3c(N)c(S(=O)C4CCC4)sc3n2)cn1. The van der Waals surface area contributed by atoms with Crippen molar-refractivity contribution in [1.29, 1.82) is 0 Å². The summed E-state index contributed by atoms with van der Waals surface area (Å²) in [5.74, 6) is 0.591. The lowest BCUT2D eigenvalue weighted by atomic mass is 10.00. The van der Waals surface area contributed by atoms with E-state index in [4.69, 9.17) is 15.5 Å². The highest BCUT2D eigenvalue weighted by Crippen LogP contribution is 2.44. The number of anilines is 1. The number of hydrogen-bond donors (Lipinski definition) is 1. The van der Waals surface area contributed by atoms with Gasteiger partial charge in [-0.2, -0.15) is 0 Å². The molecule has 0 saturated heterocycles. The van der Waals surface area contributed by atoms with Crippen molar-refractivity contribution in [2.45, 2.75) is 28.7 Å². The maximum absolute atomic E-state index is 13.2. The summed E-state index contributed by atoms with van der Waals surface area (Å²) in [6, 6.07) is 16.1. The van der Waals surface area contributed by atoms with Crippen LogP contribution < -0.4 is 10.5 Å². The Morgan fingerprint density at radius 1 is 1.15 bits per heavy atom. The van der Waals surface area contributed by atoms with Gasteiger partial charge in [0, 0.05) is 35.0 Å². The van der Waals surface area contributed by atoms with Crippen molar-refractivity contribution in [2.24, 2.45) is 0 Å². The van der Waals surface area contributed by atoms with Gasteiger partial charge in [0.25, 0.3) is 0 Å². The number of hydrogen-bond acceptors (Lipinski definition) is 7. The molecule has 0 amide bonds. The van der Waals surface area contributed by atoms with Gasteiger partial charge >= 0.3 is 0 Å². The fourth-order valence-corrected chi connectivity index (χ4v) is 7.14. The van der Waals surface area contributed by atoms with Gasteiger partial charge in [-0.05, 0) is 50.2 Å². The fraction of sp³-hybridized carbons (Fsp3) is 0.308. The Kier molecular flexibility index (Phi) is 6.63. The summed E-state index contributed by atoms with van der Waals surface area (Å²) in [6.07, 6.45) is 4.93. The van der Waals surface area contributed by atoms with Crippen LogP contribution in [-0.2, 0) is 10.8 Å². The molecule has 0 radical (unpaired) electrons. The smallest absolute Gasteiger partial charge is 0.213 e. The van der Waals surface area contributed by atoms with Crippen molar-refractivity contribution in [1.82, 2.24) is 14.9 Å². The van der Waals surface area contributed by atoms with Crippen LogP contribution in [0, 0.1) is 0 Å². The number of nitrogens with zero attached hydrogens (tertiary/aromatic N) is 3. The zero-order chi connectivity index (χ0) is 23.7. The van der Waals surface area contributed by atoms with Crippen LogP contribution in [0.1, 0.15) is 19.3 Å². The van der Waals surface area contributed by atoms with Crippen LogP contribution in [0.4, 0.5) is 5.69 Å². The molecule has 3 aromatic heterocycles. The van der Waals surface area contributed by atoms with Crippen LogP contribution in [0.3, 0.4) is 0 Å². The van der Waals surface area contributed by atoms with E-state index in [1.807, 2.05) is 44.4 Å². The highest BCUT2D eigenvalue weighted by molar-refractivity contribution is 7.88. The molecule has 0 spiro atoms. The second-order valence-electron chi connectivity index (χ2n) is 8.79. The van der Waals surface area contributed by atoms with Gasteiger partial charge in [0.15, 0.2) is 0 Å². The molecule has 1 atom stereocenters. The third-order valence-electron chi connectivity index (χ3n) is 6.11. The van der Waals surface area contributed by atoms with Gasteiger partial charge in [-0.3, -0.25) is 4.21 Å². The van der Waals surface area contributed by atoms with Crippen LogP contribution in [0.5, 0.6) is 5.88 Å². The minimum Gasteiger partial charge on any atom is -0.476 e. The summed E-state index contributed by atoms with van der Waals surface area (Å²) in [6.45, 7) is 1.41. The van der Waals surface area contributed by atoms with Crippen molar-refractivity contribution >= 4 is 38.0 Å². The van der Waals surface area contributed by atoms with E-state index in [-0.39, 0.29) is 5.25 Å². The predicted molar refractivity (Wildman–Crippen MR) is 141 cm³/mol. The molecule has 1 aliphatic carbocycles.